The van der Waals surface area contributed by atoms with E-state index in [1.807, 2.05) is 0 Å². The van der Waals surface area contributed by atoms with Crippen LogP contribution in [0.25, 0.3) is 0 Å². The summed E-state index contributed by atoms with van der Waals surface area (Å²) < 4.78 is 11.1. The fourth-order valence-corrected chi connectivity index (χ4v) is 3.61. The summed E-state index contributed by atoms with van der Waals surface area (Å²) in [5.74, 6) is 0.493. The van der Waals surface area contributed by atoms with Crippen LogP contribution >= 0.6 is 23.1 Å². The van der Waals surface area contributed by atoms with Crippen molar-refractivity contribution in [3.05, 3.63) is 34.8 Å². The number of ketones is 1. The van der Waals surface area contributed by atoms with Gasteiger partial charge in [0.25, 0.3) is 0 Å². The number of thioether (sulfide) groups is 1. The summed E-state index contributed by atoms with van der Waals surface area (Å²) in [6, 6.07) is 5.09. The molecular weight excluding hydrogens is 326 g/mol. The van der Waals surface area contributed by atoms with Crippen molar-refractivity contribution in [3.8, 4) is 11.5 Å². The maximum Gasteiger partial charge on any atom is 0.309 e. The molecule has 0 spiro atoms. The number of carbonyl (C=O) groups excluding carboxylic acids is 1. The van der Waals surface area contributed by atoms with Gasteiger partial charge in [0.05, 0.1) is 17.9 Å². The summed E-state index contributed by atoms with van der Waals surface area (Å²) >= 11 is 2.64. The Morgan fingerprint density at radius 2 is 2.14 bits per heavy atom. The van der Waals surface area contributed by atoms with Crippen LogP contribution in [0.3, 0.4) is 0 Å². The first-order valence-corrected chi connectivity index (χ1v) is 8.20. The molecule has 114 valence electrons. The average Bonchev–Trinajstić information content (AvgIpc) is 3.12. The second-order valence-corrected chi connectivity index (χ2v) is 6.54. The van der Waals surface area contributed by atoms with E-state index < -0.39 is 5.97 Å². The molecule has 1 aromatic heterocycles. The van der Waals surface area contributed by atoms with E-state index in [4.69, 9.17) is 14.6 Å². The summed E-state index contributed by atoms with van der Waals surface area (Å²) in [6.45, 7) is 0.174. The highest BCUT2D eigenvalue weighted by atomic mass is 32.2. The third-order valence-electron chi connectivity index (χ3n) is 2.88. The molecule has 0 saturated carbocycles. The zero-order chi connectivity index (χ0) is 15.5. The molecule has 0 saturated heterocycles. The van der Waals surface area contributed by atoms with Crippen LogP contribution in [-0.4, -0.2) is 34.4 Å². The van der Waals surface area contributed by atoms with Gasteiger partial charge in [0.1, 0.15) is 0 Å². The highest BCUT2D eigenvalue weighted by Crippen LogP contribution is 2.33. The van der Waals surface area contributed by atoms with Gasteiger partial charge in [-0.15, -0.1) is 11.3 Å². The number of thiazole rings is 1. The molecule has 1 aromatic carbocycles. The van der Waals surface area contributed by atoms with Crippen molar-refractivity contribution >= 4 is 34.9 Å². The second-order valence-electron chi connectivity index (χ2n) is 4.46. The first kappa shape index (κ1) is 14.9. The Morgan fingerprint density at radius 1 is 1.32 bits per heavy atom. The van der Waals surface area contributed by atoms with Crippen molar-refractivity contribution in [2.45, 2.75) is 10.8 Å². The molecule has 3 rings (SSSR count). The lowest BCUT2D eigenvalue weighted by Crippen LogP contribution is -2.02. The van der Waals surface area contributed by atoms with Gasteiger partial charge in [0.2, 0.25) is 6.79 Å². The quantitative estimate of drug-likeness (QED) is 0.640. The number of hydrogen-bond acceptors (Lipinski definition) is 7. The SMILES string of the molecule is O=C(O)Cc1csc(SCC(=O)c2ccc3c(c2)OCO3)n1. The van der Waals surface area contributed by atoms with Gasteiger partial charge in [-0.25, -0.2) is 4.98 Å². The molecule has 0 aliphatic carbocycles. The Balaban J connectivity index is 1.60. The molecule has 2 heterocycles. The standard InChI is InChI=1S/C14H11NO5S2/c16-10(8-1-2-11-12(3-8)20-7-19-11)6-22-14-15-9(5-21-14)4-13(17)18/h1-3,5H,4,6-7H2,(H,17,18). The number of ether oxygens (including phenoxy) is 2. The monoisotopic (exact) mass is 337 g/mol. The molecule has 1 aliphatic rings. The maximum atomic E-state index is 12.2. The largest absolute Gasteiger partial charge is 0.481 e. The minimum atomic E-state index is -0.918. The third kappa shape index (κ3) is 3.40. The Bertz CT molecular complexity index is 728. The molecule has 22 heavy (non-hydrogen) atoms. The van der Waals surface area contributed by atoms with E-state index in [1.165, 1.54) is 23.1 Å². The van der Waals surface area contributed by atoms with E-state index in [1.54, 1.807) is 23.6 Å². The summed E-state index contributed by atoms with van der Waals surface area (Å²) in [5.41, 5.74) is 1.06. The maximum absolute atomic E-state index is 12.2. The van der Waals surface area contributed by atoms with Crippen molar-refractivity contribution in [2.75, 3.05) is 12.5 Å². The Morgan fingerprint density at radius 3 is 2.95 bits per heavy atom. The lowest BCUT2D eigenvalue weighted by molar-refractivity contribution is -0.136. The Labute approximate surface area is 134 Å². The predicted octanol–water partition coefficient (Wildman–Crippen LogP) is 2.47. The zero-order valence-electron chi connectivity index (χ0n) is 11.3. The smallest absolute Gasteiger partial charge is 0.309 e. The number of aliphatic carboxylic acids is 1. The molecule has 6 nitrogen and oxygen atoms in total. The topological polar surface area (TPSA) is 85.7 Å². The lowest BCUT2D eigenvalue weighted by Gasteiger charge is -2.01. The number of Topliss-reactive ketones (excluding diaryl/α,β-unsaturated/α-hetero) is 1. The number of fused-ring (bicyclic) bond motifs is 1. The molecule has 0 fully saturated rings. The highest BCUT2D eigenvalue weighted by molar-refractivity contribution is 8.01. The van der Waals surface area contributed by atoms with Gasteiger partial charge < -0.3 is 14.6 Å². The van der Waals surface area contributed by atoms with Gasteiger partial charge in [-0.2, -0.15) is 0 Å². The van der Waals surface area contributed by atoms with Crippen LogP contribution < -0.4 is 9.47 Å². The molecule has 0 amide bonds. The first-order valence-electron chi connectivity index (χ1n) is 6.33. The van der Waals surface area contributed by atoms with E-state index in [0.29, 0.717) is 27.1 Å². The molecule has 1 N–H and O–H groups in total. The highest BCUT2D eigenvalue weighted by Gasteiger charge is 2.17. The molecule has 0 unspecified atom stereocenters. The molecule has 0 bridgehead atoms. The van der Waals surface area contributed by atoms with Crippen molar-refractivity contribution in [3.63, 3.8) is 0 Å². The van der Waals surface area contributed by atoms with Crippen LogP contribution in [0.15, 0.2) is 27.9 Å². The number of carboxylic acid groups (broad SMARTS) is 1. The van der Waals surface area contributed by atoms with Crippen molar-refractivity contribution in [2.24, 2.45) is 0 Å². The average molecular weight is 337 g/mol. The first-order chi connectivity index (χ1) is 10.6. The van der Waals surface area contributed by atoms with Crippen LogP contribution in [-0.2, 0) is 11.2 Å². The van der Waals surface area contributed by atoms with Crippen LogP contribution in [0, 0.1) is 0 Å². The van der Waals surface area contributed by atoms with E-state index >= 15 is 0 Å². The number of nitrogens with zero attached hydrogens (tertiary/aromatic N) is 1. The zero-order valence-corrected chi connectivity index (χ0v) is 12.9. The predicted molar refractivity (Wildman–Crippen MR) is 81.1 cm³/mol. The molecule has 1 aliphatic heterocycles. The molecule has 0 atom stereocenters. The second kappa shape index (κ2) is 6.37. The fourth-order valence-electron chi connectivity index (χ4n) is 1.87. The van der Waals surface area contributed by atoms with Crippen LogP contribution in [0.1, 0.15) is 16.1 Å². The molecular formula is C14H11NO5S2. The van der Waals surface area contributed by atoms with Crippen LogP contribution in [0.5, 0.6) is 11.5 Å². The van der Waals surface area contributed by atoms with Crippen LogP contribution in [0.4, 0.5) is 0 Å². The Hall–Kier alpha value is -2.06. The van der Waals surface area contributed by atoms with Gasteiger partial charge in [-0.1, -0.05) is 11.8 Å². The normalized spacial score (nSPS) is 12.4. The molecule has 2 aromatic rings. The Kier molecular flexibility index (Phi) is 4.30. The summed E-state index contributed by atoms with van der Waals surface area (Å²) in [5, 5.41) is 10.4. The number of carbonyl (C=O) groups is 2. The van der Waals surface area contributed by atoms with Gasteiger partial charge >= 0.3 is 5.97 Å². The summed E-state index contributed by atoms with van der Waals surface area (Å²) in [6.07, 6.45) is -0.104. The third-order valence-corrected chi connectivity index (χ3v) is 4.95. The van der Waals surface area contributed by atoms with E-state index in [2.05, 4.69) is 4.98 Å². The van der Waals surface area contributed by atoms with E-state index in [-0.39, 0.29) is 24.7 Å². The van der Waals surface area contributed by atoms with E-state index in [9.17, 15) is 9.59 Å². The molecule has 8 heteroatoms. The van der Waals surface area contributed by atoms with Gasteiger partial charge in [-0.3, -0.25) is 9.59 Å². The number of carboxylic acids is 1. The number of aromatic nitrogens is 1. The number of hydrogen-bond donors (Lipinski definition) is 1. The lowest BCUT2D eigenvalue weighted by atomic mass is 10.1. The van der Waals surface area contributed by atoms with Gasteiger partial charge in [0, 0.05) is 10.9 Å². The fraction of sp³-hybridized carbons (Fsp3) is 0.214. The number of benzene rings is 1. The van der Waals surface area contributed by atoms with Gasteiger partial charge in [-0.05, 0) is 18.2 Å². The summed E-state index contributed by atoms with van der Waals surface area (Å²) in [4.78, 5) is 26.9. The number of rotatable bonds is 6. The van der Waals surface area contributed by atoms with Gasteiger partial charge in [0.15, 0.2) is 21.6 Å². The van der Waals surface area contributed by atoms with Crippen LogP contribution in [0.2, 0.25) is 0 Å². The van der Waals surface area contributed by atoms with Crippen molar-refractivity contribution < 1.29 is 24.2 Å². The van der Waals surface area contributed by atoms with E-state index in [0.717, 1.165) is 0 Å². The minimum Gasteiger partial charge on any atom is -0.481 e. The van der Waals surface area contributed by atoms with Crippen molar-refractivity contribution in [1.29, 1.82) is 0 Å². The van der Waals surface area contributed by atoms with Crippen molar-refractivity contribution in [1.82, 2.24) is 4.98 Å². The molecule has 0 radical (unpaired) electrons. The summed E-state index contributed by atoms with van der Waals surface area (Å²) in [7, 11) is 0. The minimum absolute atomic E-state index is 0.0433.